The molecule has 2 saturated heterocycles. The lowest BCUT2D eigenvalue weighted by Crippen LogP contribution is -2.35. The maximum atomic E-state index is 13.7. The maximum absolute atomic E-state index is 13.7. The van der Waals surface area contributed by atoms with Crippen molar-refractivity contribution >= 4 is 34.8 Å². The number of anilines is 1. The Kier molecular flexibility index (Phi) is 7.40. The molecule has 0 saturated carbocycles. The fourth-order valence-electron chi connectivity index (χ4n) is 6.50. The monoisotopic (exact) mass is 567 g/mol. The molecule has 10 nitrogen and oxygen atoms in total. The second-order valence-electron chi connectivity index (χ2n) is 10.8. The summed E-state index contributed by atoms with van der Waals surface area (Å²) in [5.41, 5.74) is 4.26. The number of rotatable bonds is 8. The van der Waals surface area contributed by atoms with Gasteiger partial charge in [0.1, 0.15) is 5.75 Å². The van der Waals surface area contributed by atoms with E-state index in [-0.39, 0.29) is 48.8 Å². The van der Waals surface area contributed by atoms with Crippen LogP contribution >= 0.6 is 0 Å². The molecular weight excluding hydrogens is 538 g/mol. The number of fused-ring (bicyclic) bond motifs is 3. The fourth-order valence-corrected chi connectivity index (χ4v) is 6.50. The Bertz CT molecular complexity index is 1600. The van der Waals surface area contributed by atoms with Gasteiger partial charge in [0.05, 0.1) is 47.5 Å². The average molecular weight is 568 g/mol. The smallest absolute Gasteiger partial charge is 0.271 e. The molecule has 1 aliphatic carbocycles. The van der Waals surface area contributed by atoms with Gasteiger partial charge in [0.25, 0.3) is 5.69 Å². The van der Waals surface area contributed by atoms with Crippen molar-refractivity contribution in [1.82, 2.24) is 4.98 Å². The number of pyridine rings is 1. The molecule has 0 spiro atoms. The van der Waals surface area contributed by atoms with Gasteiger partial charge in [-0.1, -0.05) is 24.3 Å². The van der Waals surface area contributed by atoms with Crippen molar-refractivity contribution < 1.29 is 29.5 Å². The summed E-state index contributed by atoms with van der Waals surface area (Å²) >= 11 is 0. The summed E-state index contributed by atoms with van der Waals surface area (Å²) in [5, 5.41) is 31.3. The number of carbonyl (C=O) groups is 2. The van der Waals surface area contributed by atoms with Crippen LogP contribution in [0.1, 0.15) is 30.5 Å². The van der Waals surface area contributed by atoms with Crippen molar-refractivity contribution in [3.8, 4) is 5.75 Å². The third-order valence-corrected chi connectivity index (χ3v) is 8.40. The highest BCUT2D eigenvalue weighted by Gasteiger charge is 2.57. The van der Waals surface area contributed by atoms with Gasteiger partial charge >= 0.3 is 0 Å². The second kappa shape index (κ2) is 11.3. The summed E-state index contributed by atoms with van der Waals surface area (Å²) in [6.45, 7) is -0.00327. The second-order valence-corrected chi connectivity index (χ2v) is 10.8. The average Bonchev–Trinajstić information content (AvgIpc) is 3.54. The third-order valence-electron chi connectivity index (χ3n) is 8.40. The normalized spacial score (nSPS) is 23.7. The summed E-state index contributed by atoms with van der Waals surface area (Å²) in [4.78, 5) is 43.5. The number of hydrogen-bond acceptors (Lipinski definition) is 8. The van der Waals surface area contributed by atoms with Crippen molar-refractivity contribution in [3.05, 3.63) is 105 Å². The van der Waals surface area contributed by atoms with Crippen LogP contribution in [0, 0.1) is 27.9 Å². The minimum atomic E-state index is -0.659. The predicted molar refractivity (Wildman–Crippen MR) is 154 cm³/mol. The van der Waals surface area contributed by atoms with Crippen LogP contribution in [-0.2, 0) is 14.3 Å². The number of amides is 2. The standard InChI is InChI=1S/C32H29N3O7/c36-17-21-15-25-30(32(39)34(31(25)38)22-4-3-5-23(16-22)35(40)41)26-18-42-28(29(21)26)12-9-20(27-6-1-2-13-33-27)14-19-7-10-24(37)11-8-19/h1-8,10-11,13-14,16,25-26,28,30,36-37H,9,12,15,17-18H2/b20-14-/t25-,26+,28-,30-/m1/s1. The number of imide groups is 1. The number of nitro groups is 1. The van der Waals surface area contributed by atoms with Gasteiger partial charge in [-0.25, -0.2) is 4.90 Å². The van der Waals surface area contributed by atoms with Gasteiger partial charge in [-0.05, 0) is 78.0 Å². The zero-order chi connectivity index (χ0) is 29.4. The molecule has 42 heavy (non-hydrogen) atoms. The number of phenolic OH excluding ortho intramolecular Hbond substituents is 1. The van der Waals surface area contributed by atoms with Crippen LogP contribution in [0.4, 0.5) is 11.4 Å². The van der Waals surface area contributed by atoms with Gasteiger partial charge in [-0.3, -0.25) is 24.7 Å². The van der Waals surface area contributed by atoms with E-state index in [9.17, 15) is 29.9 Å². The van der Waals surface area contributed by atoms with Crippen molar-refractivity contribution in [2.75, 3.05) is 18.1 Å². The number of nitrogens with zero attached hydrogens (tertiary/aromatic N) is 3. The highest BCUT2D eigenvalue weighted by atomic mass is 16.6. The van der Waals surface area contributed by atoms with E-state index in [0.29, 0.717) is 18.4 Å². The first kappa shape index (κ1) is 27.5. The molecule has 2 fully saturated rings. The molecule has 3 aliphatic rings. The molecule has 0 bridgehead atoms. The van der Waals surface area contributed by atoms with Crippen LogP contribution in [0.25, 0.3) is 11.6 Å². The molecular formula is C32H29N3O7. The van der Waals surface area contributed by atoms with Crippen LogP contribution in [0.15, 0.2) is 84.1 Å². The Morgan fingerprint density at radius 1 is 1.07 bits per heavy atom. The van der Waals surface area contributed by atoms with E-state index in [0.717, 1.165) is 27.3 Å². The van der Waals surface area contributed by atoms with Gasteiger partial charge in [0, 0.05) is 24.2 Å². The van der Waals surface area contributed by atoms with Gasteiger partial charge in [0.15, 0.2) is 0 Å². The first-order chi connectivity index (χ1) is 20.4. The lowest BCUT2D eigenvalue weighted by molar-refractivity contribution is -0.384. The molecule has 0 radical (unpaired) electrons. The van der Waals surface area contributed by atoms with Crippen molar-refractivity contribution in [2.45, 2.75) is 25.4 Å². The van der Waals surface area contributed by atoms with Crippen molar-refractivity contribution in [1.29, 1.82) is 0 Å². The van der Waals surface area contributed by atoms with E-state index in [2.05, 4.69) is 4.98 Å². The Labute approximate surface area is 241 Å². The number of non-ortho nitro benzene ring substituents is 1. The van der Waals surface area contributed by atoms with Crippen LogP contribution in [-0.4, -0.2) is 51.3 Å². The van der Waals surface area contributed by atoms with E-state index in [1.807, 2.05) is 36.4 Å². The molecule has 2 aromatic carbocycles. The molecule has 214 valence electrons. The maximum Gasteiger partial charge on any atom is 0.271 e. The molecule has 2 aliphatic heterocycles. The minimum Gasteiger partial charge on any atom is -0.508 e. The van der Waals surface area contributed by atoms with E-state index in [1.54, 1.807) is 18.3 Å². The Balaban J connectivity index is 1.26. The molecule has 2 amide bonds. The predicted octanol–water partition coefficient (Wildman–Crippen LogP) is 4.53. The SMILES string of the molecule is O=C1[C@@H]2[C@@H](CC(CO)=C3[C@@H](CC/C(=C/c4ccc(O)cc4)c4ccccn4)OC[C@@H]32)C(=O)N1c1cccc([N+](=O)[O-])c1. The number of aliphatic hydroxyl groups is 1. The minimum absolute atomic E-state index is 0.176. The van der Waals surface area contributed by atoms with Crippen LogP contribution in [0.5, 0.6) is 5.75 Å². The van der Waals surface area contributed by atoms with Crippen molar-refractivity contribution in [3.63, 3.8) is 0 Å². The summed E-state index contributed by atoms with van der Waals surface area (Å²) in [7, 11) is 0. The van der Waals surface area contributed by atoms with Crippen LogP contribution in [0.3, 0.4) is 0 Å². The number of nitro benzene ring substituents is 1. The summed E-state index contributed by atoms with van der Waals surface area (Å²) in [6.07, 6.45) is 4.80. The number of ether oxygens (including phenoxy) is 1. The lowest BCUT2D eigenvalue weighted by atomic mass is 9.69. The Hall–Kier alpha value is -4.67. The van der Waals surface area contributed by atoms with Gasteiger partial charge in [-0.2, -0.15) is 0 Å². The molecule has 3 aromatic rings. The largest absolute Gasteiger partial charge is 0.508 e. The molecule has 1 aromatic heterocycles. The lowest BCUT2D eigenvalue weighted by Gasteiger charge is -2.31. The number of carbonyl (C=O) groups excluding carboxylic acids is 2. The van der Waals surface area contributed by atoms with Crippen LogP contribution < -0.4 is 4.90 Å². The number of aliphatic hydroxyl groups excluding tert-OH is 1. The Morgan fingerprint density at radius 3 is 2.60 bits per heavy atom. The molecule has 0 unspecified atom stereocenters. The fraction of sp³-hybridized carbons (Fsp3) is 0.281. The number of aromatic hydroxyl groups is 1. The van der Waals surface area contributed by atoms with E-state index < -0.39 is 28.6 Å². The zero-order valence-corrected chi connectivity index (χ0v) is 22.6. The summed E-state index contributed by atoms with van der Waals surface area (Å²) in [6, 6.07) is 18.1. The van der Waals surface area contributed by atoms with E-state index in [4.69, 9.17) is 4.74 Å². The molecule has 4 atom stereocenters. The first-order valence-corrected chi connectivity index (χ1v) is 13.8. The third kappa shape index (κ3) is 4.99. The first-order valence-electron chi connectivity index (χ1n) is 13.8. The summed E-state index contributed by atoms with van der Waals surface area (Å²) in [5.74, 6) is -2.30. The van der Waals surface area contributed by atoms with Crippen LogP contribution in [0.2, 0.25) is 0 Å². The van der Waals surface area contributed by atoms with Gasteiger partial charge in [-0.15, -0.1) is 0 Å². The number of aromatic nitrogens is 1. The topological polar surface area (TPSA) is 143 Å². The number of phenols is 1. The number of allylic oxidation sites excluding steroid dienone is 1. The molecule has 2 N–H and O–H groups in total. The van der Waals surface area contributed by atoms with Crippen molar-refractivity contribution in [2.24, 2.45) is 17.8 Å². The highest BCUT2D eigenvalue weighted by molar-refractivity contribution is 6.22. The molecule has 6 rings (SSSR count). The quantitative estimate of drug-likeness (QED) is 0.175. The highest BCUT2D eigenvalue weighted by Crippen LogP contribution is 2.50. The molecule has 3 heterocycles. The Morgan fingerprint density at radius 2 is 1.88 bits per heavy atom. The number of hydrogen-bond donors (Lipinski definition) is 2. The number of benzene rings is 2. The van der Waals surface area contributed by atoms with Gasteiger partial charge in [0.2, 0.25) is 11.8 Å². The van der Waals surface area contributed by atoms with Gasteiger partial charge < -0.3 is 14.9 Å². The molecule has 10 heteroatoms. The summed E-state index contributed by atoms with van der Waals surface area (Å²) < 4.78 is 6.25. The van der Waals surface area contributed by atoms with E-state index in [1.165, 1.54) is 24.3 Å². The van der Waals surface area contributed by atoms with E-state index >= 15 is 0 Å². The zero-order valence-electron chi connectivity index (χ0n) is 22.6.